The fourth-order valence-electron chi connectivity index (χ4n) is 7.35. The highest BCUT2D eigenvalue weighted by molar-refractivity contribution is 6.28. The van der Waals surface area contributed by atoms with Gasteiger partial charge in [0.2, 0.25) is 16.9 Å². The number of halogens is 1. The van der Waals surface area contributed by atoms with Crippen molar-refractivity contribution in [3.63, 3.8) is 0 Å². The molecule has 4 aromatic heterocycles. The third-order valence-corrected chi connectivity index (χ3v) is 11.3. The summed E-state index contributed by atoms with van der Waals surface area (Å²) in [5, 5.41) is 25.2. The normalized spacial score (nSPS) is 11.7. The van der Waals surface area contributed by atoms with Crippen molar-refractivity contribution in [3.05, 3.63) is 121 Å². The molecule has 0 bridgehead atoms. The predicted molar refractivity (Wildman–Crippen MR) is 325 cm³/mol. The van der Waals surface area contributed by atoms with Crippen molar-refractivity contribution < 1.29 is 57.1 Å². The largest absolute Gasteiger partial charge is 0.494 e. The fourth-order valence-corrected chi connectivity index (χ4v) is 7.48. The second-order valence-electron chi connectivity index (χ2n) is 20.7. The zero-order valence-corrected chi connectivity index (χ0v) is 50.8. The number of nitrogens with one attached hydrogen (secondary N) is 3. The van der Waals surface area contributed by atoms with Crippen molar-refractivity contribution in [2.24, 2.45) is 0 Å². The number of nitrogen functional groups attached to an aromatic ring is 1. The van der Waals surface area contributed by atoms with Gasteiger partial charge in [-0.3, -0.25) is 9.59 Å². The predicted octanol–water partition coefficient (Wildman–Crippen LogP) is 9.86. The second-order valence-corrected chi connectivity index (χ2v) is 21.0. The topological polar surface area (TPSA) is 317 Å². The maximum Gasteiger partial charge on any atom is 0.407 e. The quantitative estimate of drug-likeness (QED) is 0.00978. The summed E-state index contributed by atoms with van der Waals surface area (Å²) in [4.78, 5) is 62.8. The number of nitrogens with two attached hydrogens (primary N) is 1. The Balaban J connectivity index is 0.000000231. The molecule has 26 nitrogen and oxygen atoms in total. The van der Waals surface area contributed by atoms with Crippen molar-refractivity contribution in [3.8, 4) is 22.9 Å². The third kappa shape index (κ3) is 24.1. The van der Waals surface area contributed by atoms with Gasteiger partial charge >= 0.3 is 24.1 Å². The molecule has 0 unspecified atom stereocenters. The molecule has 87 heavy (non-hydrogen) atoms. The molecule has 0 aliphatic heterocycles. The average molecular weight is 1220 g/mol. The first-order valence-electron chi connectivity index (χ1n) is 28.2. The van der Waals surface area contributed by atoms with Gasteiger partial charge in [-0.25, -0.2) is 19.6 Å². The SMILES string of the molecule is CC(C)(C)OC(=O)NCCCOc1cccc(N)c1.CCOC(=O)CCCOC1=[C+]C=C(n2nnc3cnc(Cl)nc32)C=C1.CCOC(=O)CCCOc1ccc(-n2nnc3cnc(Nc4cccc(OCCCNC(=O)OC(C)(C)C)c4)nc32)cc1. The Morgan fingerprint density at radius 3 is 1.74 bits per heavy atom. The number of anilines is 3. The van der Waals surface area contributed by atoms with E-state index in [9.17, 15) is 19.2 Å². The van der Waals surface area contributed by atoms with E-state index in [1.807, 2.05) is 102 Å². The fraction of sp³-hybridized carbons (Fsp3) is 0.400. The minimum atomic E-state index is -0.533. The van der Waals surface area contributed by atoms with Gasteiger partial charge in [0.05, 0.1) is 76.0 Å². The summed E-state index contributed by atoms with van der Waals surface area (Å²) in [5.41, 5.74) is 9.65. The van der Waals surface area contributed by atoms with Crippen LogP contribution in [0.5, 0.6) is 17.2 Å². The summed E-state index contributed by atoms with van der Waals surface area (Å²) in [6.45, 7) is 18.0. The molecule has 7 aromatic rings. The van der Waals surface area contributed by atoms with Crippen molar-refractivity contribution >= 4 is 81.1 Å². The Bertz CT molecular complexity index is 3450. The van der Waals surface area contributed by atoms with Gasteiger partial charge < -0.3 is 59.6 Å². The molecular formula is C60H74ClN14O12+. The average Bonchev–Trinajstić information content (AvgIpc) is 2.84. The molecule has 1 aliphatic rings. The van der Waals surface area contributed by atoms with Crippen molar-refractivity contribution in [2.45, 2.75) is 105 Å². The number of carbonyl (C=O) groups excluding carboxylic acids is 4. The maximum absolute atomic E-state index is 11.7. The zero-order chi connectivity index (χ0) is 62.6. The maximum atomic E-state index is 11.7. The molecule has 0 atom stereocenters. The molecule has 27 heteroatoms. The molecular weight excluding hydrogens is 1140 g/mol. The minimum absolute atomic E-state index is 0.126. The Kier molecular flexibility index (Phi) is 25.8. The highest BCUT2D eigenvalue weighted by Crippen LogP contribution is 2.24. The Hall–Kier alpha value is -9.68. The Labute approximate surface area is 509 Å². The first kappa shape index (κ1) is 66.5. The molecule has 8 rings (SSSR count). The second kappa shape index (κ2) is 33.7. The van der Waals surface area contributed by atoms with Crippen LogP contribution in [-0.2, 0) is 33.3 Å². The van der Waals surface area contributed by atoms with Crippen molar-refractivity contribution in [1.82, 2.24) is 60.6 Å². The van der Waals surface area contributed by atoms with Gasteiger partial charge in [0.15, 0.2) is 22.4 Å². The number of allylic oxidation sites excluding steroid dienone is 5. The number of alkyl carbamates (subject to hydrolysis) is 2. The van der Waals surface area contributed by atoms with Crippen molar-refractivity contribution in [2.75, 3.05) is 63.8 Å². The molecule has 2 amide bonds. The number of hydrogen-bond acceptors (Lipinski definition) is 22. The summed E-state index contributed by atoms with van der Waals surface area (Å²) in [7, 11) is 0. The highest BCUT2D eigenvalue weighted by Gasteiger charge is 2.20. The minimum Gasteiger partial charge on any atom is -0.494 e. The van der Waals surface area contributed by atoms with E-state index in [4.69, 9.17) is 55.2 Å². The molecule has 4 heterocycles. The van der Waals surface area contributed by atoms with Gasteiger partial charge in [-0.1, -0.05) is 17.3 Å². The lowest BCUT2D eigenvalue weighted by atomic mass is 10.2. The number of amides is 2. The van der Waals surface area contributed by atoms with E-state index < -0.39 is 23.4 Å². The van der Waals surface area contributed by atoms with E-state index in [0.29, 0.717) is 142 Å². The van der Waals surface area contributed by atoms with Gasteiger partial charge in [0.25, 0.3) is 5.76 Å². The number of hydrogen-bond donors (Lipinski definition) is 4. The highest BCUT2D eigenvalue weighted by atomic mass is 35.5. The van der Waals surface area contributed by atoms with Crippen LogP contribution in [0.3, 0.4) is 0 Å². The van der Waals surface area contributed by atoms with E-state index >= 15 is 0 Å². The molecule has 0 saturated carbocycles. The summed E-state index contributed by atoms with van der Waals surface area (Å²) < 4.78 is 45.9. The Morgan fingerprint density at radius 1 is 0.621 bits per heavy atom. The van der Waals surface area contributed by atoms with E-state index in [1.165, 1.54) is 6.20 Å². The summed E-state index contributed by atoms with van der Waals surface area (Å²) in [5.74, 6) is 2.58. The molecule has 0 fully saturated rings. The summed E-state index contributed by atoms with van der Waals surface area (Å²) in [6, 6.07) is 22.0. The van der Waals surface area contributed by atoms with Crippen LogP contribution < -0.4 is 35.9 Å². The summed E-state index contributed by atoms with van der Waals surface area (Å²) in [6.07, 6.45) is 13.7. The molecule has 0 saturated heterocycles. The van der Waals surface area contributed by atoms with Crippen molar-refractivity contribution in [1.29, 1.82) is 0 Å². The van der Waals surface area contributed by atoms with Gasteiger partial charge in [0, 0.05) is 49.4 Å². The molecule has 1 aliphatic carbocycles. The van der Waals surface area contributed by atoms with Gasteiger partial charge in [0.1, 0.15) is 34.5 Å². The number of carbonyl (C=O) groups is 4. The van der Waals surface area contributed by atoms with Gasteiger partial charge in [-0.05, 0) is 146 Å². The van der Waals surface area contributed by atoms with E-state index in [0.717, 1.165) is 22.8 Å². The van der Waals surface area contributed by atoms with E-state index in [1.54, 1.807) is 59.8 Å². The zero-order valence-electron chi connectivity index (χ0n) is 50.0. The molecule has 5 N–H and O–H groups in total. The van der Waals surface area contributed by atoms with Crippen LogP contribution in [0, 0.1) is 6.08 Å². The van der Waals surface area contributed by atoms with Crippen LogP contribution in [-0.4, -0.2) is 138 Å². The molecule has 3 aromatic carbocycles. The van der Waals surface area contributed by atoms with E-state index in [-0.39, 0.29) is 17.2 Å². The smallest absolute Gasteiger partial charge is 0.407 e. The van der Waals surface area contributed by atoms with Crippen LogP contribution >= 0.6 is 11.6 Å². The van der Waals surface area contributed by atoms with Crippen LogP contribution in [0.15, 0.2) is 109 Å². The number of aromatic nitrogens is 10. The standard InChI is InChI=1S/C30H37N7O6.C16H15ClN5O3.C14H22N2O3/c1-5-40-26(38)11-7-17-41-23-14-12-22(13-15-23)37-27-25(35-36-37)20-32-28(34-27)33-21-9-6-10-24(19-21)42-18-8-16-31-29(39)43-30(2,3)4;1-2-24-14(23)4-3-9-25-12-7-5-11(6-8-12)22-15-13(20-21-22)10-18-16(17)19-15;1-14(2,3)19-13(17)16-8-5-9-18-12-7-4-6-11(15)10-12/h6,9-10,12-15,19-20H,5,7-8,11,16-18H2,1-4H3,(H,31,39)(H,32,33,34);5-7,10H,2-4,9H2,1H3;4,6-7,10H,5,8-9,15H2,1-3H3,(H,16,17)/q;+1;. The lowest BCUT2D eigenvalue weighted by Crippen LogP contribution is -2.33. The van der Waals surface area contributed by atoms with Gasteiger partial charge in [-0.2, -0.15) is 14.6 Å². The molecule has 462 valence electrons. The first-order valence-corrected chi connectivity index (χ1v) is 28.6. The number of esters is 2. The Morgan fingerprint density at radius 2 is 1.16 bits per heavy atom. The van der Waals surface area contributed by atoms with E-state index in [2.05, 4.69) is 62.6 Å². The third-order valence-electron chi connectivity index (χ3n) is 11.1. The van der Waals surface area contributed by atoms with Crippen LogP contribution in [0.2, 0.25) is 5.28 Å². The van der Waals surface area contributed by atoms with Gasteiger partial charge in [-0.15, -0.1) is 14.9 Å². The number of nitrogens with zero attached hydrogens (tertiary/aromatic N) is 10. The number of rotatable bonds is 26. The molecule has 0 radical (unpaired) electrons. The monoisotopic (exact) mass is 1220 g/mol. The number of fused-ring (bicyclic) bond motifs is 2. The number of benzene rings is 3. The van der Waals surface area contributed by atoms with Crippen LogP contribution in [0.25, 0.3) is 33.7 Å². The first-order chi connectivity index (χ1) is 41.7. The molecule has 0 spiro atoms. The van der Waals surface area contributed by atoms with Crippen LogP contribution in [0.1, 0.15) is 93.9 Å². The lowest BCUT2D eigenvalue weighted by molar-refractivity contribution is -0.144. The lowest BCUT2D eigenvalue weighted by Gasteiger charge is -2.19. The number of ether oxygens (including phenoxy) is 8. The summed E-state index contributed by atoms with van der Waals surface area (Å²) >= 11 is 5.82. The van der Waals surface area contributed by atoms with Crippen LogP contribution in [0.4, 0.5) is 26.9 Å².